The fourth-order valence-electron chi connectivity index (χ4n) is 3.95. The van der Waals surface area contributed by atoms with Crippen molar-refractivity contribution in [1.29, 1.82) is 0 Å². The Morgan fingerprint density at radius 1 is 0.640 bits per heavy atom. The predicted octanol–water partition coefficient (Wildman–Crippen LogP) is -0.501. The minimum Gasteiger partial charge on any atom is -0.382 e. The molecule has 1 aromatic carbocycles. The first-order valence-electron chi connectivity index (χ1n) is 14.4. The molecule has 0 bridgehead atoms. The maximum atomic E-state index is 12.9. The van der Waals surface area contributed by atoms with E-state index in [0.29, 0.717) is 0 Å². The number of aliphatic imine (C=N–C) groups is 2. The van der Waals surface area contributed by atoms with E-state index in [-0.39, 0.29) is 117 Å². The third kappa shape index (κ3) is 11.0. The molecule has 2 amide bonds. The lowest BCUT2D eigenvalue weighted by Gasteiger charge is -2.09. The zero-order chi connectivity index (χ0) is 37.2. The number of nitrogens with two attached hydrogens (primary N) is 6. The summed E-state index contributed by atoms with van der Waals surface area (Å²) in [6.45, 7) is 0.144. The molecular formula is C26H34Cl2N14O6S2. The standard InChI is InChI=1S/C26H34Cl2N14O6S2/c27-17-21(31)39-19(29)15(37-17)23(43)41-25(33)35-8-1-3-10-49(45,46)13-6-5-7-14(12-13)50(47,48)11-4-2-9-36-26(34)42-24(44)16-20(30)40-22(32)18(28)38-16/h5-7,12H,1-4,8-11H2,(H4,29,31,39)(H4,30,32,40)(H3,33,35,41,43)(H3,34,36,42,44). The topological polar surface area (TPSA) is 359 Å². The second-order valence-corrected chi connectivity index (χ2v) is 15.2. The molecule has 0 spiro atoms. The number of carbonyl (C=O) groups is 2. The van der Waals surface area contributed by atoms with Crippen LogP contribution in [0, 0.1) is 0 Å². The highest BCUT2D eigenvalue weighted by Gasteiger charge is 2.21. The van der Waals surface area contributed by atoms with E-state index in [2.05, 4.69) is 40.6 Å². The fraction of sp³-hybridized carbons (Fsp3) is 0.308. The van der Waals surface area contributed by atoms with Gasteiger partial charge in [0.05, 0.1) is 21.3 Å². The molecule has 0 aliphatic heterocycles. The third-order valence-electron chi connectivity index (χ3n) is 6.45. The summed E-state index contributed by atoms with van der Waals surface area (Å²) < 4.78 is 51.7. The monoisotopic (exact) mass is 772 g/mol. The first kappa shape index (κ1) is 39.4. The van der Waals surface area contributed by atoms with Gasteiger partial charge in [-0.15, -0.1) is 0 Å². The third-order valence-corrected chi connectivity index (χ3v) is 10.6. The van der Waals surface area contributed by atoms with E-state index in [0.717, 1.165) is 6.07 Å². The van der Waals surface area contributed by atoms with E-state index < -0.39 is 31.5 Å². The van der Waals surface area contributed by atoms with Crippen molar-refractivity contribution < 1.29 is 26.4 Å². The van der Waals surface area contributed by atoms with Crippen LogP contribution in [0.1, 0.15) is 46.7 Å². The number of aromatic nitrogens is 4. The zero-order valence-electron chi connectivity index (χ0n) is 26.1. The molecule has 3 rings (SSSR count). The molecule has 0 unspecified atom stereocenters. The molecule has 0 atom stereocenters. The number of anilines is 4. The number of carbonyl (C=O) groups excluding carboxylic acids is 2. The lowest BCUT2D eigenvalue weighted by atomic mass is 10.3. The summed E-state index contributed by atoms with van der Waals surface area (Å²) in [6.07, 6.45) is 0.874. The maximum absolute atomic E-state index is 12.9. The van der Waals surface area contributed by atoms with Gasteiger partial charge >= 0.3 is 0 Å². The van der Waals surface area contributed by atoms with Crippen LogP contribution in [0.25, 0.3) is 0 Å². The summed E-state index contributed by atoms with van der Waals surface area (Å²) >= 11 is 11.5. The van der Waals surface area contributed by atoms with Crippen molar-refractivity contribution >= 4 is 89.9 Å². The van der Waals surface area contributed by atoms with Gasteiger partial charge in [0.2, 0.25) is 0 Å². The van der Waals surface area contributed by atoms with E-state index in [1.54, 1.807) is 0 Å². The van der Waals surface area contributed by atoms with Crippen molar-refractivity contribution in [2.45, 2.75) is 35.5 Å². The maximum Gasteiger partial charge on any atom is 0.280 e. The van der Waals surface area contributed by atoms with E-state index in [1.807, 2.05) is 0 Å². The molecule has 2 aromatic heterocycles. The first-order chi connectivity index (χ1) is 23.4. The molecule has 2 heterocycles. The number of rotatable bonds is 14. The molecule has 0 radical (unpaired) electrons. The number of nitrogens with zero attached hydrogens (tertiary/aromatic N) is 6. The van der Waals surface area contributed by atoms with Crippen LogP contribution >= 0.6 is 23.2 Å². The average molecular weight is 774 g/mol. The Balaban J connectivity index is 1.46. The predicted molar refractivity (Wildman–Crippen MR) is 189 cm³/mol. The normalized spacial score (nSPS) is 12.4. The Kier molecular flexibility index (Phi) is 13.4. The first-order valence-corrected chi connectivity index (χ1v) is 18.4. The summed E-state index contributed by atoms with van der Waals surface area (Å²) in [5, 5.41) is 4.10. The Morgan fingerprint density at radius 3 is 1.40 bits per heavy atom. The van der Waals surface area contributed by atoms with Crippen molar-refractivity contribution in [3.63, 3.8) is 0 Å². The second-order valence-electron chi connectivity index (χ2n) is 10.2. The van der Waals surface area contributed by atoms with Crippen LogP contribution in [0.3, 0.4) is 0 Å². The highest BCUT2D eigenvalue weighted by Crippen LogP contribution is 2.21. The van der Waals surface area contributed by atoms with Crippen molar-refractivity contribution in [3.05, 3.63) is 46.0 Å². The van der Waals surface area contributed by atoms with Crippen molar-refractivity contribution in [2.75, 3.05) is 47.5 Å². The van der Waals surface area contributed by atoms with Crippen LogP contribution in [0.15, 0.2) is 44.0 Å². The number of amides is 2. The number of hydrogen-bond donors (Lipinski definition) is 8. The minimum absolute atomic E-state index is 0.0720. The molecule has 3 aromatic rings. The molecule has 0 aliphatic carbocycles. The lowest BCUT2D eigenvalue weighted by Crippen LogP contribution is -2.38. The van der Waals surface area contributed by atoms with Crippen molar-refractivity contribution in [1.82, 2.24) is 30.6 Å². The number of unbranched alkanes of at least 4 members (excludes halogenated alkanes) is 2. The van der Waals surface area contributed by atoms with Gasteiger partial charge in [0.25, 0.3) is 11.8 Å². The van der Waals surface area contributed by atoms with Crippen molar-refractivity contribution in [2.24, 2.45) is 21.5 Å². The average Bonchev–Trinajstić information content (AvgIpc) is 3.04. The van der Waals surface area contributed by atoms with Gasteiger partial charge in [-0.25, -0.2) is 36.8 Å². The Hall–Kier alpha value is -5.06. The van der Waals surface area contributed by atoms with Gasteiger partial charge in [-0.05, 0) is 43.9 Å². The van der Waals surface area contributed by atoms with Gasteiger partial charge < -0.3 is 34.4 Å². The van der Waals surface area contributed by atoms with Crippen LogP contribution < -0.4 is 45.0 Å². The number of halogens is 2. The molecule has 24 heteroatoms. The van der Waals surface area contributed by atoms with Gasteiger partial charge in [-0.2, -0.15) is 0 Å². The quantitative estimate of drug-likeness (QED) is 0.0581. The summed E-state index contributed by atoms with van der Waals surface area (Å²) in [7, 11) is -7.70. The minimum atomic E-state index is -3.85. The van der Waals surface area contributed by atoms with Crippen LogP contribution in [0.2, 0.25) is 10.3 Å². The molecule has 0 saturated heterocycles. The van der Waals surface area contributed by atoms with Crippen molar-refractivity contribution in [3.8, 4) is 0 Å². The van der Waals surface area contributed by atoms with Gasteiger partial charge in [-0.1, -0.05) is 29.3 Å². The second kappa shape index (κ2) is 17.0. The Labute approximate surface area is 296 Å². The van der Waals surface area contributed by atoms with Crippen LogP contribution in [0.4, 0.5) is 23.3 Å². The van der Waals surface area contributed by atoms with E-state index in [4.69, 9.17) is 57.6 Å². The number of guanidine groups is 2. The molecule has 14 N–H and O–H groups in total. The largest absolute Gasteiger partial charge is 0.382 e. The SMILES string of the molecule is NC(=NCCCCS(=O)(=O)c1cccc(S(=O)(=O)CCCCN=C(N)NC(=O)c2nc(Cl)c(N)nc2N)c1)NC(=O)c1nc(Cl)c(N)nc1N. The van der Waals surface area contributed by atoms with Gasteiger partial charge in [0.15, 0.2) is 76.6 Å². The highest BCUT2D eigenvalue weighted by molar-refractivity contribution is 7.92. The lowest BCUT2D eigenvalue weighted by molar-refractivity contribution is 0.0964. The number of sulfone groups is 2. The molecule has 0 saturated carbocycles. The smallest absolute Gasteiger partial charge is 0.280 e. The van der Waals surface area contributed by atoms with E-state index in [9.17, 15) is 26.4 Å². The molecule has 0 aliphatic rings. The highest BCUT2D eigenvalue weighted by atomic mass is 35.5. The fourth-order valence-corrected chi connectivity index (χ4v) is 7.10. The Bertz CT molecular complexity index is 1910. The summed E-state index contributed by atoms with van der Waals surface area (Å²) in [4.78, 5) is 47.2. The number of benzene rings is 1. The van der Waals surface area contributed by atoms with Gasteiger partial charge in [-0.3, -0.25) is 30.2 Å². The molecule has 20 nitrogen and oxygen atoms in total. The van der Waals surface area contributed by atoms with Crippen LogP contribution in [0.5, 0.6) is 0 Å². The molecular weight excluding hydrogens is 739 g/mol. The van der Waals surface area contributed by atoms with Gasteiger partial charge in [0, 0.05) is 13.1 Å². The number of nitrogen functional groups attached to an aromatic ring is 4. The summed E-state index contributed by atoms with van der Waals surface area (Å²) in [5.74, 6) is -3.60. The zero-order valence-corrected chi connectivity index (χ0v) is 29.3. The Morgan fingerprint density at radius 2 is 1.02 bits per heavy atom. The molecule has 0 fully saturated rings. The number of nitrogens with one attached hydrogen (secondary N) is 2. The molecule has 50 heavy (non-hydrogen) atoms. The molecule has 270 valence electrons. The van der Waals surface area contributed by atoms with E-state index >= 15 is 0 Å². The van der Waals surface area contributed by atoms with Crippen LogP contribution in [-0.4, -0.2) is 85.1 Å². The van der Waals surface area contributed by atoms with Gasteiger partial charge in [0.1, 0.15) is 0 Å². The number of hydrogen-bond acceptors (Lipinski definition) is 16. The van der Waals surface area contributed by atoms with E-state index in [1.165, 1.54) is 18.2 Å². The summed E-state index contributed by atoms with van der Waals surface area (Å²) in [6, 6.07) is 5.07. The summed E-state index contributed by atoms with van der Waals surface area (Å²) in [5.41, 5.74) is 33.1. The van der Waals surface area contributed by atoms with Crippen LogP contribution in [-0.2, 0) is 19.7 Å².